The summed E-state index contributed by atoms with van der Waals surface area (Å²) < 4.78 is 21.2. The van der Waals surface area contributed by atoms with Crippen molar-refractivity contribution in [3.63, 3.8) is 0 Å². The van der Waals surface area contributed by atoms with Crippen LogP contribution in [0, 0.1) is 0 Å². The molecule has 0 saturated heterocycles. The maximum Gasteiger partial charge on any atom is 0.407 e. The zero-order valence-electron chi connectivity index (χ0n) is 25.6. The third-order valence-electron chi connectivity index (χ3n) is 6.70. The number of amides is 3. The molecule has 44 heavy (non-hydrogen) atoms. The molecule has 12 heteroatoms. The number of hydrogen-bond acceptors (Lipinski definition) is 8. The Kier molecular flexibility index (Phi) is 13.4. The van der Waals surface area contributed by atoms with Crippen molar-refractivity contribution in [2.24, 2.45) is 0 Å². The highest BCUT2D eigenvalue weighted by molar-refractivity contribution is 5.81. The monoisotopic (exact) mass is 613 g/mol. The van der Waals surface area contributed by atoms with E-state index in [2.05, 4.69) is 16.0 Å². The lowest BCUT2D eigenvalue weighted by Crippen LogP contribution is -2.41. The number of aliphatic carboxylic acids is 1. The lowest BCUT2D eigenvalue weighted by atomic mass is 9.98. The molecule has 12 nitrogen and oxygen atoms in total. The Hall–Kier alpha value is -4.16. The van der Waals surface area contributed by atoms with Gasteiger partial charge in [0.05, 0.1) is 19.8 Å². The predicted molar refractivity (Wildman–Crippen MR) is 162 cm³/mol. The number of nitrogens with one attached hydrogen (secondary N) is 3. The Morgan fingerprint density at radius 3 is 2.09 bits per heavy atom. The lowest BCUT2D eigenvalue weighted by molar-refractivity contribution is -0.139. The molecule has 0 spiro atoms. The quantitative estimate of drug-likeness (QED) is 0.194. The van der Waals surface area contributed by atoms with Crippen LogP contribution in [0.2, 0.25) is 0 Å². The topological polar surface area (TPSA) is 162 Å². The summed E-state index contributed by atoms with van der Waals surface area (Å²) in [4.78, 5) is 47.7. The van der Waals surface area contributed by atoms with Crippen molar-refractivity contribution in [3.8, 4) is 11.1 Å². The SMILES string of the molecule is CC(C)(C)OC(=O)NCCOCCOCC(=O)NCCCC[C@H](NC(=O)OCC1c2ccccc2-c2ccccc21)C(=O)O. The summed E-state index contributed by atoms with van der Waals surface area (Å²) in [7, 11) is 0. The lowest BCUT2D eigenvalue weighted by Gasteiger charge is -2.19. The second-order valence-electron chi connectivity index (χ2n) is 11.3. The van der Waals surface area contributed by atoms with Gasteiger partial charge in [0.1, 0.15) is 24.9 Å². The second-order valence-corrected chi connectivity index (χ2v) is 11.3. The predicted octanol–water partition coefficient (Wildman–Crippen LogP) is 3.82. The first kappa shape index (κ1) is 34.3. The first-order valence-corrected chi connectivity index (χ1v) is 14.8. The fourth-order valence-corrected chi connectivity index (χ4v) is 4.72. The van der Waals surface area contributed by atoms with Gasteiger partial charge in [0.25, 0.3) is 0 Å². The van der Waals surface area contributed by atoms with Crippen LogP contribution < -0.4 is 16.0 Å². The van der Waals surface area contributed by atoms with Gasteiger partial charge in [-0.2, -0.15) is 0 Å². The molecule has 0 fully saturated rings. The van der Waals surface area contributed by atoms with Gasteiger partial charge in [-0.25, -0.2) is 14.4 Å². The summed E-state index contributed by atoms with van der Waals surface area (Å²) >= 11 is 0. The van der Waals surface area contributed by atoms with Crippen LogP contribution >= 0.6 is 0 Å². The van der Waals surface area contributed by atoms with E-state index in [9.17, 15) is 24.3 Å². The van der Waals surface area contributed by atoms with Gasteiger partial charge in [-0.15, -0.1) is 0 Å². The van der Waals surface area contributed by atoms with E-state index in [1.807, 2.05) is 48.5 Å². The molecule has 1 aliphatic carbocycles. The summed E-state index contributed by atoms with van der Waals surface area (Å²) in [5, 5.41) is 17.3. The van der Waals surface area contributed by atoms with E-state index in [-0.39, 0.29) is 51.3 Å². The molecule has 1 atom stereocenters. The van der Waals surface area contributed by atoms with E-state index in [4.69, 9.17) is 18.9 Å². The number of carboxylic acid groups (broad SMARTS) is 1. The van der Waals surface area contributed by atoms with Crippen molar-refractivity contribution < 1.29 is 43.2 Å². The van der Waals surface area contributed by atoms with E-state index in [1.54, 1.807) is 20.8 Å². The second kappa shape index (κ2) is 17.2. The van der Waals surface area contributed by atoms with Crippen LogP contribution in [0.5, 0.6) is 0 Å². The van der Waals surface area contributed by atoms with Gasteiger partial charge in [0.2, 0.25) is 5.91 Å². The van der Waals surface area contributed by atoms with Crippen LogP contribution in [-0.4, -0.2) is 86.9 Å². The van der Waals surface area contributed by atoms with Crippen molar-refractivity contribution in [2.75, 3.05) is 46.1 Å². The fourth-order valence-electron chi connectivity index (χ4n) is 4.72. The first-order valence-electron chi connectivity index (χ1n) is 14.8. The van der Waals surface area contributed by atoms with E-state index in [0.29, 0.717) is 25.9 Å². The fraction of sp³-hybridized carbons (Fsp3) is 0.500. The van der Waals surface area contributed by atoms with Crippen LogP contribution in [0.3, 0.4) is 0 Å². The molecule has 3 amide bonds. The van der Waals surface area contributed by atoms with Gasteiger partial charge < -0.3 is 40.0 Å². The van der Waals surface area contributed by atoms with Gasteiger partial charge in [-0.3, -0.25) is 4.79 Å². The Labute approximate surface area is 257 Å². The minimum absolute atomic E-state index is 0.0950. The highest BCUT2D eigenvalue weighted by Gasteiger charge is 2.29. The number of carboxylic acids is 1. The highest BCUT2D eigenvalue weighted by Crippen LogP contribution is 2.44. The van der Waals surface area contributed by atoms with Gasteiger partial charge in [-0.05, 0) is 62.3 Å². The zero-order chi connectivity index (χ0) is 32.0. The van der Waals surface area contributed by atoms with Crippen LogP contribution in [-0.2, 0) is 28.5 Å². The summed E-state index contributed by atoms with van der Waals surface area (Å²) in [5.74, 6) is -1.58. The van der Waals surface area contributed by atoms with Crippen LogP contribution in [0.15, 0.2) is 48.5 Å². The Bertz CT molecular complexity index is 1220. The molecule has 0 bridgehead atoms. The maximum atomic E-state index is 12.5. The molecule has 4 N–H and O–H groups in total. The number of fused-ring (bicyclic) bond motifs is 3. The Morgan fingerprint density at radius 2 is 1.45 bits per heavy atom. The smallest absolute Gasteiger partial charge is 0.407 e. The molecule has 1 aliphatic rings. The van der Waals surface area contributed by atoms with Crippen molar-refractivity contribution in [3.05, 3.63) is 59.7 Å². The van der Waals surface area contributed by atoms with Gasteiger partial charge in [-0.1, -0.05) is 48.5 Å². The number of rotatable bonds is 17. The average molecular weight is 614 g/mol. The molecule has 0 saturated carbocycles. The zero-order valence-corrected chi connectivity index (χ0v) is 25.6. The molecule has 3 rings (SSSR count). The van der Waals surface area contributed by atoms with Crippen molar-refractivity contribution >= 4 is 24.1 Å². The molecule has 0 heterocycles. The van der Waals surface area contributed by atoms with E-state index in [1.165, 1.54) is 0 Å². The number of carbonyl (C=O) groups is 4. The standard InChI is InChI=1S/C32H43N3O9/c1-32(2,3)44-30(39)34-16-17-41-18-19-42-21-28(36)33-15-9-8-14-27(29(37)38)35-31(40)43-20-26-24-12-6-4-10-22(24)23-11-5-7-13-25(23)26/h4-7,10-13,26-27H,8-9,14-21H2,1-3H3,(H,33,36)(H,34,39)(H,35,40)(H,37,38)/t27-/m0/s1. The van der Waals surface area contributed by atoms with Crippen LogP contribution in [0.25, 0.3) is 11.1 Å². The third-order valence-corrected chi connectivity index (χ3v) is 6.70. The number of unbranched alkanes of at least 4 members (excludes halogenated alkanes) is 1. The largest absolute Gasteiger partial charge is 0.480 e. The van der Waals surface area contributed by atoms with E-state index in [0.717, 1.165) is 22.3 Å². The molecule has 2 aromatic carbocycles. The van der Waals surface area contributed by atoms with Crippen LogP contribution in [0.1, 0.15) is 57.1 Å². The summed E-state index contributed by atoms with van der Waals surface area (Å²) in [6.07, 6.45) is -0.124. The van der Waals surface area contributed by atoms with Gasteiger partial charge in [0.15, 0.2) is 0 Å². The van der Waals surface area contributed by atoms with Gasteiger partial charge >= 0.3 is 18.2 Å². The van der Waals surface area contributed by atoms with Crippen molar-refractivity contribution in [1.82, 2.24) is 16.0 Å². The molecule has 240 valence electrons. The average Bonchev–Trinajstić information content (AvgIpc) is 3.29. The molecule has 0 unspecified atom stereocenters. The third kappa shape index (κ3) is 11.5. The van der Waals surface area contributed by atoms with E-state index < -0.39 is 29.8 Å². The molecule has 0 aliphatic heterocycles. The molecule has 0 aromatic heterocycles. The van der Waals surface area contributed by atoms with Crippen LogP contribution in [0.4, 0.5) is 9.59 Å². The first-order chi connectivity index (χ1) is 21.0. The number of alkyl carbamates (subject to hydrolysis) is 2. The van der Waals surface area contributed by atoms with Crippen molar-refractivity contribution in [1.29, 1.82) is 0 Å². The minimum atomic E-state index is -1.15. The molecule has 0 radical (unpaired) electrons. The van der Waals surface area contributed by atoms with Crippen molar-refractivity contribution in [2.45, 2.75) is 57.6 Å². The molecular formula is C32H43N3O9. The number of benzene rings is 2. The molecule has 2 aromatic rings. The number of hydrogen-bond donors (Lipinski definition) is 4. The van der Waals surface area contributed by atoms with Gasteiger partial charge in [0, 0.05) is 19.0 Å². The number of ether oxygens (including phenoxy) is 4. The Balaban J connectivity index is 1.24. The summed E-state index contributed by atoms with van der Waals surface area (Å²) in [6, 6.07) is 14.8. The summed E-state index contributed by atoms with van der Waals surface area (Å²) in [6.45, 7) is 6.67. The maximum absolute atomic E-state index is 12.5. The van der Waals surface area contributed by atoms with E-state index >= 15 is 0 Å². The highest BCUT2D eigenvalue weighted by atomic mass is 16.6. The molecular weight excluding hydrogens is 570 g/mol. The summed E-state index contributed by atoms with van der Waals surface area (Å²) in [5.41, 5.74) is 3.79. The minimum Gasteiger partial charge on any atom is -0.480 e. The normalized spacial score (nSPS) is 12.9. The number of carbonyl (C=O) groups excluding carboxylic acids is 3. The Morgan fingerprint density at radius 1 is 0.818 bits per heavy atom.